The van der Waals surface area contributed by atoms with Gasteiger partial charge in [-0.1, -0.05) is 31.5 Å². The highest BCUT2D eigenvalue weighted by atomic mass is 79.9. The molecule has 2 aromatic carbocycles. The summed E-state index contributed by atoms with van der Waals surface area (Å²) >= 11 is 3.38. The molecule has 0 aliphatic rings. The van der Waals surface area contributed by atoms with Crippen LogP contribution in [0.25, 0.3) is 0 Å². The summed E-state index contributed by atoms with van der Waals surface area (Å²) in [4.78, 5) is 36.5. The molecule has 0 saturated heterocycles. The van der Waals surface area contributed by atoms with Crippen molar-refractivity contribution in [1.29, 1.82) is 0 Å². The molecule has 2 N–H and O–H groups in total. The normalized spacial score (nSPS) is 11.8. The lowest BCUT2D eigenvalue weighted by molar-refractivity contribution is -0.145. The summed E-state index contributed by atoms with van der Waals surface area (Å²) in [6, 6.07) is 11.5. The highest BCUT2D eigenvalue weighted by Crippen LogP contribution is 2.25. The van der Waals surface area contributed by atoms with E-state index in [9.17, 15) is 14.4 Å². The lowest BCUT2D eigenvalue weighted by Crippen LogP contribution is -2.48. The lowest BCUT2D eigenvalue weighted by Gasteiger charge is -2.20. The van der Waals surface area contributed by atoms with Crippen LogP contribution in [-0.2, 0) is 14.3 Å². The molecule has 0 spiro atoms. The fourth-order valence-electron chi connectivity index (χ4n) is 2.76. The zero-order valence-electron chi connectivity index (χ0n) is 19.1. The molecule has 1 unspecified atom stereocenters. The number of rotatable bonds is 10. The van der Waals surface area contributed by atoms with Crippen molar-refractivity contribution >= 4 is 39.9 Å². The van der Waals surface area contributed by atoms with Crippen molar-refractivity contribution in [2.75, 3.05) is 13.2 Å². The van der Waals surface area contributed by atoms with Crippen LogP contribution in [0.3, 0.4) is 0 Å². The Morgan fingerprint density at radius 3 is 2.42 bits per heavy atom. The molecule has 0 aliphatic carbocycles. The Morgan fingerprint density at radius 2 is 1.82 bits per heavy atom. The Balaban J connectivity index is 1.95. The number of carbonyl (C=O) groups excluding carboxylic acids is 3. The first-order valence-corrected chi connectivity index (χ1v) is 11.3. The van der Waals surface area contributed by atoms with Crippen LogP contribution >= 0.6 is 15.9 Å². The van der Waals surface area contributed by atoms with E-state index in [0.29, 0.717) is 21.3 Å². The maximum absolute atomic E-state index is 12.6. The number of hydrogen-bond acceptors (Lipinski definition) is 6. The summed E-state index contributed by atoms with van der Waals surface area (Å²) in [6.07, 6.45) is 1.47. The summed E-state index contributed by atoms with van der Waals surface area (Å²) in [6.45, 7) is 7.44. The number of benzene rings is 2. The molecule has 2 amide bonds. The number of hydrogen-bond donors (Lipinski definition) is 2. The smallest absolute Gasteiger partial charge is 0.344 e. The second kappa shape index (κ2) is 12.7. The summed E-state index contributed by atoms with van der Waals surface area (Å²) in [5.74, 6) is -0.861. The van der Waals surface area contributed by atoms with Gasteiger partial charge in [-0.15, -0.1) is 0 Å². The number of aryl methyl sites for hydroxylation is 1. The minimum Gasteiger partial charge on any atom is -0.481 e. The van der Waals surface area contributed by atoms with Crippen LogP contribution in [0.5, 0.6) is 5.75 Å². The first kappa shape index (κ1) is 26.1. The molecule has 176 valence electrons. The number of amides is 2. The van der Waals surface area contributed by atoms with Crippen molar-refractivity contribution in [1.82, 2.24) is 10.7 Å². The Hall–Kier alpha value is -3.20. The number of ether oxygens (including phenoxy) is 2. The van der Waals surface area contributed by atoms with Gasteiger partial charge in [-0.05, 0) is 71.6 Å². The highest BCUT2D eigenvalue weighted by molar-refractivity contribution is 9.10. The number of nitrogens with zero attached hydrogens (tertiary/aromatic N) is 1. The Bertz CT molecular complexity index is 1010. The molecular formula is C24H28BrN3O5. The number of halogens is 1. The van der Waals surface area contributed by atoms with Gasteiger partial charge in [0.05, 0.1) is 17.3 Å². The number of hydrazone groups is 1. The van der Waals surface area contributed by atoms with E-state index >= 15 is 0 Å². The number of esters is 1. The largest absolute Gasteiger partial charge is 0.481 e. The van der Waals surface area contributed by atoms with E-state index in [0.717, 1.165) is 5.56 Å². The quantitative estimate of drug-likeness (QED) is 0.284. The standard InChI is InChI=1S/C24H28BrN3O5/c1-5-32-21(29)14-33-20-11-8-17(12-19(20)25)13-26-28-24(31)22(15(2)3)27-23(30)18-9-6-16(4)7-10-18/h6-13,15,22H,5,14H2,1-4H3,(H,27,30)(H,28,31)/b26-13-. The first-order valence-electron chi connectivity index (χ1n) is 10.5. The fourth-order valence-corrected chi connectivity index (χ4v) is 3.27. The van der Waals surface area contributed by atoms with Gasteiger partial charge in [0.25, 0.3) is 11.8 Å². The van der Waals surface area contributed by atoms with Gasteiger partial charge in [-0.25, -0.2) is 10.2 Å². The summed E-state index contributed by atoms with van der Waals surface area (Å²) in [7, 11) is 0. The number of nitrogens with one attached hydrogen (secondary N) is 2. The average molecular weight is 518 g/mol. The topological polar surface area (TPSA) is 106 Å². The monoisotopic (exact) mass is 517 g/mol. The molecule has 1 atom stereocenters. The molecular weight excluding hydrogens is 490 g/mol. The first-order chi connectivity index (χ1) is 15.7. The van der Waals surface area contributed by atoms with Crippen LogP contribution in [-0.4, -0.2) is 43.3 Å². The Labute approximate surface area is 201 Å². The lowest BCUT2D eigenvalue weighted by atomic mass is 10.0. The zero-order chi connectivity index (χ0) is 24.4. The van der Waals surface area contributed by atoms with E-state index in [1.807, 2.05) is 32.9 Å². The third-order valence-corrected chi connectivity index (χ3v) is 5.16. The average Bonchev–Trinajstić information content (AvgIpc) is 2.77. The maximum atomic E-state index is 12.6. The van der Waals surface area contributed by atoms with Crippen LogP contribution in [0.4, 0.5) is 0 Å². The molecule has 0 saturated carbocycles. The minimum absolute atomic E-state index is 0.139. The molecule has 33 heavy (non-hydrogen) atoms. The van der Waals surface area contributed by atoms with E-state index < -0.39 is 17.9 Å². The van der Waals surface area contributed by atoms with Crippen LogP contribution in [0.2, 0.25) is 0 Å². The molecule has 0 heterocycles. The SMILES string of the molecule is CCOC(=O)COc1ccc(/C=N\NC(=O)C(NC(=O)c2ccc(C)cc2)C(C)C)cc1Br. The van der Waals surface area contributed by atoms with Crippen molar-refractivity contribution < 1.29 is 23.9 Å². The van der Waals surface area contributed by atoms with Crippen molar-refractivity contribution in [3.63, 3.8) is 0 Å². The highest BCUT2D eigenvalue weighted by Gasteiger charge is 2.24. The molecule has 0 radical (unpaired) electrons. The van der Waals surface area contributed by atoms with Gasteiger partial charge in [0.1, 0.15) is 11.8 Å². The number of carbonyl (C=O) groups is 3. The fraction of sp³-hybridized carbons (Fsp3) is 0.333. The van der Waals surface area contributed by atoms with Crippen molar-refractivity contribution in [3.8, 4) is 5.75 Å². The van der Waals surface area contributed by atoms with Gasteiger partial charge >= 0.3 is 5.97 Å². The van der Waals surface area contributed by atoms with Crippen LogP contribution in [0, 0.1) is 12.8 Å². The van der Waals surface area contributed by atoms with Crippen molar-refractivity contribution in [2.45, 2.75) is 33.7 Å². The third-order valence-electron chi connectivity index (χ3n) is 4.54. The van der Waals surface area contributed by atoms with Gasteiger partial charge in [0, 0.05) is 5.56 Å². The third kappa shape index (κ3) is 8.34. The molecule has 0 aliphatic heterocycles. The van der Waals surface area contributed by atoms with E-state index in [-0.39, 0.29) is 25.0 Å². The van der Waals surface area contributed by atoms with Gasteiger partial charge < -0.3 is 14.8 Å². The van der Waals surface area contributed by atoms with Crippen LogP contribution in [0.15, 0.2) is 52.0 Å². The second-order valence-corrected chi connectivity index (χ2v) is 8.43. The second-order valence-electron chi connectivity index (χ2n) is 7.58. The van der Waals surface area contributed by atoms with E-state index in [1.54, 1.807) is 37.3 Å². The van der Waals surface area contributed by atoms with Gasteiger partial charge in [-0.3, -0.25) is 9.59 Å². The van der Waals surface area contributed by atoms with Crippen LogP contribution < -0.4 is 15.5 Å². The van der Waals surface area contributed by atoms with Gasteiger partial charge in [0.15, 0.2) is 6.61 Å². The zero-order valence-corrected chi connectivity index (χ0v) is 20.6. The molecule has 2 aromatic rings. The van der Waals surface area contributed by atoms with Gasteiger partial charge in [0.2, 0.25) is 0 Å². The molecule has 0 fully saturated rings. The van der Waals surface area contributed by atoms with E-state index in [1.165, 1.54) is 6.21 Å². The minimum atomic E-state index is -0.749. The summed E-state index contributed by atoms with van der Waals surface area (Å²) in [5.41, 5.74) is 4.69. The van der Waals surface area contributed by atoms with Gasteiger partial charge in [-0.2, -0.15) is 5.10 Å². The summed E-state index contributed by atoms with van der Waals surface area (Å²) in [5, 5.41) is 6.76. The molecule has 8 nitrogen and oxygen atoms in total. The van der Waals surface area contributed by atoms with Crippen molar-refractivity contribution in [2.24, 2.45) is 11.0 Å². The Kier molecular flexibility index (Phi) is 10.1. The molecule has 0 aromatic heterocycles. The Morgan fingerprint density at radius 1 is 1.12 bits per heavy atom. The maximum Gasteiger partial charge on any atom is 0.344 e. The molecule has 0 bridgehead atoms. The molecule has 9 heteroatoms. The van der Waals surface area contributed by atoms with E-state index in [2.05, 4.69) is 31.8 Å². The van der Waals surface area contributed by atoms with E-state index in [4.69, 9.17) is 9.47 Å². The predicted molar refractivity (Wildman–Crippen MR) is 129 cm³/mol. The predicted octanol–water partition coefficient (Wildman–Crippen LogP) is 3.60. The summed E-state index contributed by atoms with van der Waals surface area (Å²) < 4.78 is 10.9. The van der Waals surface area contributed by atoms with Crippen molar-refractivity contribution in [3.05, 3.63) is 63.6 Å². The van der Waals surface area contributed by atoms with Crippen LogP contribution in [0.1, 0.15) is 42.3 Å². The molecule has 2 rings (SSSR count).